The van der Waals surface area contributed by atoms with Crippen molar-refractivity contribution in [2.75, 3.05) is 0 Å². The van der Waals surface area contributed by atoms with Gasteiger partial charge in [-0.25, -0.2) is 4.98 Å². The highest BCUT2D eigenvalue weighted by molar-refractivity contribution is 4.96. The van der Waals surface area contributed by atoms with Gasteiger partial charge in [-0.3, -0.25) is 0 Å². The van der Waals surface area contributed by atoms with Crippen LogP contribution in [0.1, 0.15) is 37.3 Å². The van der Waals surface area contributed by atoms with Gasteiger partial charge in [0.05, 0.1) is 24.7 Å². The summed E-state index contributed by atoms with van der Waals surface area (Å²) >= 11 is 0. The number of rotatable bonds is 3. The second-order valence-corrected chi connectivity index (χ2v) is 4.37. The van der Waals surface area contributed by atoms with Crippen LogP contribution in [0.15, 0.2) is 10.6 Å². The van der Waals surface area contributed by atoms with Crippen LogP contribution >= 0.6 is 0 Å². The molecule has 2 unspecified atom stereocenters. The molecule has 16 heavy (non-hydrogen) atoms. The lowest BCUT2D eigenvalue weighted by Crippen LogP contribution is -2.37. The Balaban J connectivity index is 1.87. The second-order valence-electron chi connectivity index (χ2n) is 4.37. The summed E-state index contributed by atoms with van der Waals surface area (Å²) in [6, 6.07) is 2.68. The fourth-order valence-corrected chi connectivity index (χ4v) is 2.23. The first kappa shape index (κ1) is 11.2. The molecule has 0 aromatic carbocycles. The van der Waals surface area contributed by atoms with Crippen LogP contribution in [0.2, 0.25) is 0 Å². The van der Waals surface area contributed by atoms with Crippen LogP contribution in [0.5, 0.6) is 0 Å². The van der Waals surface area contributed by atoms with E-state index >= 15 is 0 Å². The minimum absolute atomic E-state index is 0.143. The Morgan fingerprint density at radius 2 is 2.38 bits per heavy atom. The Hall–Kier alpha value is -1.34. The predicted molar refractivity (Wildman–Crippen MR) is 59.4 cm³/mol. The molecular formula is C12H17N3O. The van der Waals surface area contributed by atoms with Crippen LogP contribution in [0.3, 0.4) is 0 Å². The number of hydrogen-bond acceptors (Lipinski definition) is 4. The molecule has 1 aromatic rings. The first-order valence-electron chi connectivity index (χ1n) is 5.84. The SMILES string of the molecule is Cc1cnc(CNC2CCCCC2C#N)o1. The van der Waals surface area contributed by atoms with Crippen LogP contribution in [-0.2, 0) is 6.54 Å². The fraction of sp³-hybridized carbons (Fsp3) is 0.667. The molecule has 1 fully saturated rings. The summed E-state index contributed by atoms with van der Waals surface area (Å²) in [4.78, 5) is 4.14. The van der Waals surface area contributed by atoms with Gasteiger partial charge in [-0.05, 0) is 19.8 Å². The highest BCUT2D eigenvalue weighted by Crippen LogP contribution is 2.23. The molecular weight excluding hydrogens is 202 g/mol. The molecule has 86 valence electrons. The van der Waals surface area contributed by atoms with E-state index in [9.17, 15) is 0 Å². The summed E-state index contributed by atoms with van der Waals surface area (Å²) < 4.78 is 5.39. The van der Waals surface area contributed by atoms with Gasteiger partial charge in [0.25, 0.3) is 0 Å². The summed E-state index contributed by atoms with van der Waals surface area (Å²) in [6.45, 7) is 2.51. The summed E-state index contributed by atoms with van der Waals surface area (Å²) in [5.41, 5.74) is 0. The number of nitriles is 1. The molecule has 0 amide bonds. The normalized spacial score (nSPS) is 25.2. The van der Waals surface area contributed by atoms with Crippen molar-refractivity contribution in [1.82, 2.24) is 10.3 Å². The largest absolute Gasteiger partial charge is 0.445 e. The molecule has 1 heterocycles. The van der Waals surface area contributed by atoms with Crippen molar-refractivity contribution in [2.24, 2.45) is 5.92 Å². The van der Waals surface area contributed by atoms with E-state index < -0.39 is 0 Å². The predicted octanol–water partition coefficient (Wildman–Crippen LogP) is 2.16. The molecule has 4 heteroatoms. The van der Waals surface area contributed by atoms with Gasteiger partial charge in [0.2, 0.25) is 5.89 Å². The first-order chi connectivity index (χ1) is 7.79. The number of nitrogens with zero attached hydrogens (tertiary/aromatic N) is 2. The smallest absolute Gasteiger partial charge is 0.208 e. The van der Waals surface area contributed by atoms with Crippen molar-refractivity contribution in [3.8, 4) is 6.07 Å². The molecule has 1 N–H and O–H groups in total. The molecule has 0 aliphatic heterocycles. The summed E-state index contributed by atoms with van der Waals surface area (Å²) in [5.74, 6) is 1.68. The molecule has 1 aliphatic carbocycles. The lowest BCUT2D eigenvalue weighted by Gasteiger charge is -2.27. The third-order valence-corrected chi connectivity index (χ3v) is 3.12. The Bertz CT molecular complexity index is 380. The van der Waals surface area contributed by atoms with E-state index in [4.69, 9.17) is 9.68 Å². The number of aryl methyl sites for hydroxylation is 1. The van der Waals surface area contributed by atoms with Crippen LogP contribution in [0, 0.1) is 24.2 Å². The molecule has 1 aliphatic rings. The van der Waals surface area contributed by atoms with Gasteiger partial charge in [-0.1, -0.05) is 12.8 Å². The highest BCUT2D eigenvalue weighted by atomic mass is 16.4. The monoisotopic (exact) mass is 219 g/mol. The van der Waals surface area contributed by atoms with Crippen LogP contribution < -0.4 is 5.32 Å². The molecule has 1 saturated carbocycles. The zero-order chi connectivity index (χ0) is 11.4. The zero-order valence-corrected chi connectivity index (χ0v) is 9.57. The lowest BCUT2D eigenvalue weighted by atomic mass is 9.85. The van der Waals surface area contributed by atoms with Gasteiger partial charge in [0, 0.05) is 6.04 Å². The van der Waals surface area contributed by atoms with Crippen molar-refractivity contribution >= 4 is 0 Å². The van der Waals surface area contributed by atoms with Crippen molar-refractivity contribution in [3.63, 3.8) is 0 Å². The van der Waals surface area contributed by atoms with E-state index in [1.165, 1.54) is 12.8 Å². The maximum atomic E-state index is 9.03. The number of aromatic nitrogens is 1. The third-order valence-electron chi connectivity index (χ3n) is 3.12. The topological polar surface area (TPSA) is 61.9 Å². The van der Waals surface area contributed by atoms with Gasteiger partial charge in [-0.2, -0.15) is 5.26 Å². The van der Waals surface area contributed by atoms with Crippen molar-refractivity contribution in [2.45, 2.75) is 45.2 Å². The number of nitrogens with one attached hydrogen (secondary N) is 1. The molecule has 1 aromatic heterocycles. The Labute approximate surface area is 95.7 Å². The van der Waals surface area contributed by atoms with E-state index in [2.05, 4.69) is 16.4 Å². The standard InChI is InChI=1S/C12H17N3O/c1-9-7-15-12(16-9)8-14-11-5-3-2-4-10(11)6-13/h7,10-11,14H,2-5,8H2,1H3. The zero-order valence-electron chi connectivity index (χ0n) is 9.57. The molecule has 0 spiro atoms. The molecule has 4 nitrogen and oxygen atoms in total. The molecule has 0 radical (unpaired) electrons. The second kappa shape index (κ2) is 5.13. The Morgan fingerprint density at radius 3 is 3.06 bits per heavy atom. The van der Waals surface area contributed by atoms with Gasteiger partial charge in [0.1, 0.15) is 5.76 Å². The third kappa shape index (κ3) is 2.61. The van der Waals surface area contributed by atoms with Gasteiger partial charge < -0.3 is 9.73 Å². The minimum atomic E-state index is 0.143. The summed E-state index contributed by atoms with van der Waals surface area (Å²) in [5, 5.41) is 12.4. The van der Waals surface area contributed by atoms with E-state index in [0.29, 0.717) is 18.5 Å². The molecule has 0 saturated heterocycles. The number of oxazole rings is 1. The van der Waals surface area contributed by atoms with Gasteiger partial charge in [0.15, 0.2) is 0 Å². The first-order valence-corrected chi connectivity index (χ1v) is 5.84. The Morgan fingerprint density at radius 1 is 1.56 bits per heavy atom. The lowest BCUT2D eigenvalue weighted by molar-refractivity contribution is 0.299. The molecule has 2 rings (SSSR count). The fourth-order valence-electron chi connectivity index (χ4n) is 2.23. The summed E-state index contributed by atoms with van der Waals surface area (Å²) in [6.07, 6.45) is 6.20. The van der Waals surface area contributed by atoms with Crippen LogP contribution in [0.25, 0.3) is 0 Å². The maximum Gasteiger partial charge on any atom is 0.208 e. The molecule has 0 bridgehead atoms. The van der Waals surface area contributed by atoms with E-state index in [1.807, 2.05) is 6.92 Å². The number of hydrogen-bond donors (Lipinski definition) is 1. The average molecular weight is 219 g/mol. The van der Waals surface area contributed by atoms with Crippen molar-refractivity contribution in [3.05, 3.63) is 17.8 Å². The van der Waals surface area contributed by atoms with Gasteiger partial charge >= 0.3 is 0 Å². The van der Waals surface area contributed by atoms with E-state index in [-0.39, 0.29) is 5.92 Å². The quantitative estimate of drug-likeness (QED) is 0.846. The van der Waals surface area contributed by atoms with Gasteiger partial charge in [-0.15, -0.1) is 0 Å². The van der Waals surface area contributed by atoms with Crippen molar-refractivity contribution < 1.29 is 4.42 Å². The van der Waals surface area contributed by atoms with Crippen LogP contribution in [-0.4, -0.2) is 11.0 Å². The molecule has 2 atom stereocenters. The average Bonchev–Trinajstić information content (AvgIpc) is 2.73. The van der Waals surface area contributed by atoms with E-state index in [0.717, 1.165) is 18.6 Å². The maximum absolute atomic E-state index is 9.03. The minimum Gasteiger partial charge on any atom is -0.445 e. The van der Waals surface area contributed by atoms with Crippen molar-refractivity contribution in [1.29, 1.82) is 5.26 Å². The Kier molecular flexibility index (Phi) is 3.58. The van der Waals surface area contributed by atoms with Crippen LogP contribution in [0.4, 0.5) is 0 Å². The highest BCUT2D eigenvalue weighted by Gasteiger charge is 2.24. The summed E-state index contributed by atoms with van der Waals surface area (Å²) in [7, 11) is 0. The van der Waals surface area contributed by atoms with E-state index in [1.54, 1.807) is 6.20 Å².